The van der Waals surface area contributed by atoms with Gasteiger partial charge in [0.2, 0.25) is 10.0 Å². The van der Waals surface area contributed by atoms with Crippen LogP contribution in [0.1, 0.15) is 40.2 Å². The summed E-state index contributed by atoms with van der Waals surface area (Å²) >= 11 is 0. The first-order valence-corrected chi connectivity index (χ1v) is 10.7. The number of sulfonamides is 1. The van der Waals surface area contributed by atoms with E-state index in [0.29, 0.717) is 31.5 Å². The van der Waals surface area contributed by atoms with Crippen LogP contribution in [0.3, 0.4) is 0 Å². The summed E-state index contributed by atoms with van der Waals surface area (Å²) < 4.78 is 29.3. The number of piperidine rings is 1. The Bertz CT molecular complexity index is 999. The number of amides is 1. The van der Waals surface area contributed by atoms with E-state index < -0.39 is 22.1 Å². The maximum absolute atomic E-state index is 12.3. The summed E-state index contributed by atoms with van der Waals surface area (Å²) in [5, 5.41) is 14.4. The summed E-state index contributed by atoms with van der Waals surface area (Å²) in [4.78, 5) is 24.8. The van der Waals surface area contributed by atoms with Gasteiger partial charge in [-0.1, -0.05) is 36.4 Å². The van der Waals surface area contributed by atoms with E-state index in [1.54, 1.807) is 4.90 Å². The van der Waals surface area contributed by atoms with Crippen molar-refractivity contribution < 1.29 is 27.9 Å². The van der Waals surface area contributed by atoms with Crippen LogP contribution in [-0.2, 0) is 21.4 Å². The Labute approximate surface area is 168 Å². The molecule has 0 spiro atoms. The molecule has 1 fully saturated rings. The lowest BCUT2D eigenvalue weighted by Crippen LogP contribution is -2.38. The van der Waals surface area contributed by atoms with Gasteiger partial charge in [-0.05, 0) is 42.0 Å². The lowest BCUT2D eigenvalue weighted by Gasteiger charge is -2.32. The second kappa shape index (κ2) is 8.62. The molecule has 0 aromatic heterocycles. The number of nitrogens with two attached hydrogens (primary N) is 1. The predicted molar refractivity (Wildman–Crippen MR) is 105 cm³/mol. The van der Waals surface area contributed by atoms with Crippen molar-refractivity contribution in [3.8, 4) is 0 Å². The van der Waals surface area contributed by atoms with Crippen molar-refractivity contribution in [2.75, 3.05) is 13.1 Å². The monoisotopic (exact) mass is 418 g/mol. The number of hydrogen-bond donors (Lipinski definition) is 2. The highest BCUT2D eigenvalue weighted by molar-refractivity contribution is 7.89. The fourth-order valence-electron chi connectivity index (χ4n) is 3.43. The van der Waals surface area contributed by atoms with Crippen molar-refractivity contribution >= 4 is 22.1 Å². The summed E-state index contributed by atoms with van der Waals surface area (Å²) in [5.74, 6) is -1.37. The van der Waals surface area contributed by atoms with Gasteiger partial charge < -0.3 is 14.7 Å². The van der Waals surface area contributed by atoms with Crippen LogP contribution in [0.4, 0.5) is 4.79 Å². The lowest BCUT2D eigenvalue weighted by atomic mass is 9.89. The Hall–Kier alpha value is -2.91. The van der Waals surface area contributed by atoms with E-state index in [2.05, 4.69) is 0 Å². The summed E-state index contributed by atoms with van der Waals surface area (Å²) in [7, 11) is -4.08. The molecule has 1 saturated heterocycles. The van der Waals surface area contributed by atoms with Crippen LogP contribution in [0.25, 0.3) is 0 Å². The number of rotatable bonds is 5. The molecule has 0 radical (unpaired) electrons. The van der Waals surface area contributed by atoms with Gasteiger partial charge in [-0.3, -0.25) is 0 Å². The van der Waals surface area contributed by atoms with Gasteiger partial charge in [-0.25, -0.2) is 23.1 Å². The molecule has 0 saturated carbocycles. The third-order valence-electron chi connectivity index (χ3n) is 4.97. The normalized spacial score (nSPS) is 15.1. The number of nitrogens with zero attached hydrogens (tertiary/aromatic N) is 1. The van der Waals surface area contributed by atoms with E-state index in [0.717, 1.165) is 11.6 Å². The number of ether oxygens (including phenoxy) is 1. The van der Waals surface area contributed by atoms with E-state index in [9.17, 15) is 18.0 Å². The molecule has 8 nitrogen and oxygen atoms in total. The van der Waals surface area contributed by atoms with E-state index >= 15 is 0 Å². The zero-order valence-corrected chi connectivity index (χ0v) is 16.5. The zero-order chi connectivity index (χ0) is 21.0. The second-order valence-corrected chi connectivity index (χ2v) is 8.43. The minimum absolute atomic E-state index is 0.139. The van der Waals surface area contributed by atoms with Crippen molar-refractivity contribution in [1.82, 2.24) is 4.90 Å². The van der Waals surface area contributed by atoms with Gasteiger partial charge in [0, 0.05) is 13.1 Å². The highest BCUT2D eigenvalue weighted by atomic mass is 32.2. The predicted octanol–water partition coefficient (Wildman–Crippen LogP) is 2.55. The summed E-state index contributed by atoms with van der Waals surface area (Å²) in [6, 6.07) is 13.3. The molecule has 1 aliphatic heterocycles. The van der Waals surface area contributed by atoms with Crippen molar-refractivity contribution in [1.29, 1.82) is 0 Å². The highest BCUT2D eigenvalue weighted by Crippen LogP contribution is 2.33. The van der Waals surface area contributed by atoms with Crippen molar-refractivity contribution in [3.05, 3.63) is 65.2 Å². The van der Waals surface area contributed by atoms with E-state index in [-0.39, 0.29) is 23.0 Å². The van der Waals surface area contributed by atoms with Crippen LogP contribution >= 0.6 is 0 Å². The molecule has 154 valence electrons. The van der Waals surface area contributed by atoms with Gasteiger partial charge in [-0.2, -0.15) is 0 Å². The van der Waals surface area contributed by atoms with Gasteiger partial charge in [0.05, 0.1) is 10.5 Å². The summed E-state index contributed by atoms with van der Waals surface area (Å²) in [6.45, 7) is 0.998. The topological polar surface area (TPSA) is 127 Å². The van der Waals surface area contributed by atoms with Gasteiger partial charge in [0.1, 0.15) is 6.61 Å². The minimum Gasteiger partial charge on any atom is -0.478 e. The SMILES string of the molecule is NS(=O)(=O)c1cc(C(=O)O)ccc1C1CCN(C(=O)OCc2ccccc2)CC1. The fraction of sp³-hybridized carbons (Fsp3) is 0.300. The average Bonchev–Trinajstić information content (AvgIpc) is 2.72. The molecule has 29 heavy (non-hydrogen) atoms. The van der Waals surface area contributed by atoms with Gasteiger partial charge in [0.15, 0.2) is 0 Å². The molecule has 1 amide bonds. The maximum atomic E-state index is 12.3. The van der Waals surface area contributed by atoms with Gasteiger partial charge in [0.25, 0.3) is 0 Å². The fourth-order valence-corrected chi connectivity index (χ4v) is 4.29. The van der Waals surface area contributed by atoms with E-state index in [1.807, 2.05) is 30.3 Å². The Morgan fingerprint density at radius 1 is 1.10 bits per heavy atom. The maximum Gasteiger partial charge on any atom is 0.410 e. The molecule has 2 aromatic rings. The van der Waals surface area contributed by atoms with Crippen LogP contribution in [-0.4, -0.2) is 43.6 Å². The van der Waals surface area contributed by atoms with Crippen LogP contribution in [0.2, 0.25) is 0 Å². The molecule has 0 atom stereocenters. The summed E-state index contributed by atoms with van der Waals surface area (Å²) in [6.07, 6.45) is 0.630. The number of primary sulfonamides is 1. The number of carboxylic acid groups (broad SMARTS) is 1. The number of carboxylic acids is 1. The number of carbonyl (C=O) groups is 2. The molecular formula is C20H22N2O6S. The molecule has 9 heteroatoms. The molecule has 2 aromatic carbocycles. The Kier molecular flexibility index (Phi) is 6.19. The number of carbonyl (C=O) groups excluding carboxylic acids is 1. The quantitative estimate of drug-likeness (QED) is 0.768. The Morgan fingerprint density at radius 2 is 1.76 bits per heavy atom. The smallest absolute Gasteiger partial charge is 0.410 e. The first kappa shape index (κ1) is 20.8. The van der Waals surface area contributed by atoms with Crippen LogP contribution in [0.5, 0.6) is 0 Å². The molecule has 1 aliphatic rings. The van der Waals surface area contributed by atoms with Crippen molar-refractivity contribution in [2.45, 2.75) is 30.3 Å². The summed E-state index contributed by atoms with van der Waals surface area (Å²) in [5.41, 5.74) is 1.24. The Balaban J connectivity index is 1.66. The second-order valence-electron chi connectivity index (χ2n) is 6.90. The molecule has 0 aliphatic carbocycles. The minimum atomic E-state index is -4.08. The number of benzene rings is 2. The Morgan fingerprint density at radius 3 is 2.34 bits per heavy atom. The van der Waals surface area contributed by atoms with Gasteiger partial charge >= 0.3 is 12.1 Å². The largest absolute Gasteiger partial charge is 0.478 e. The molecular weight excluding hydrogens is 396 g/mol. The average molecular weight is 418 g/mol. The zero-order valence-electron chi connectivity index (χ0n) is 15.7. The van der Waals surface area contributed by atoms with Crippen LogP contribution < -0.4 is 5.14 Å². The third-order valence-corrected chi connectivity index (χ3v) is 5.93. The molecule has 0 unspecified atom stereocenters. The molecule has 0 bridgehead atoms. The standard InChI is InChI=1S/C20H22N2O6S/c21-29(26,27)18-12-16(19(23)24)6-7-17(18)15-8-10-22(11-9-15)20(25)28-13-14-4-2-1-3-5-14/h1-7,12,15H,8-11,13H2,(H,23,24)(H2,21,26,27). The first-order valence-electron chi connectivity index (χ1n) is 9.11. The number of likely N-dealkylation sites (tertiary alicyclic amines) is 1. The van der Waals surface area contributed by atoms with Gasteiger partial charge in [-0.15, -0.1) is 0 Å². The third kappa shape index (κ3) is 5.12. The molecule has 3 N–H and O–H groups in total. The number of aromatic carboxylic acids is 1. The van der Waals surface area contributed by atoms with Crippen LogP contribution in [0, 0.1) is 0 Å². The molecule has 3 rings (SSSR count). The van der Waals surface area contributed by atoms with E-state index in [1.165, 1.54) is 12.1 Å². The van der Waals surface area contributed by atoms with Crippen molar-refractivity contribution in [3.63, 3.8) is 0 Å². The molecule has 1 heterocycles. The van der Waals surface area contributed by atoms with Crippen molar-refractivity contribution in [2.24, 2.45) is 5.14 Å². The number of hydrogen-bond acceptors (Lipinski definition) is 5. The first-order chi connectivity index (χ1) is 13.8. The highest BCUT2D eigenvalue weighted by Gasteiger charge is 2.28. The van der Waals surface area contributed by atoms with E-state index in [4.69, 9.17) is 15.0 Å². The lowest BCUT2D eigenvalue weighted by molar-refractivity contribution is 0.0696. The van der Waals surface area contributed by atoms with Crippen LogP contribution in [0.15, 0.2) is 53.4 Å².